The highest BCUT2D eigenvalue weighted by molar-refractivity contribution is 14.1. The summed E-state index contributed by atoms with van der Waals surface area (Å²) >= 11 is 1.87. The first kappa shape index (κ1) is 20.4. The Hall–Kier alpha value is -2.85. The van der Waals surface area contributed by atoms with E-state index in [4.69, 9.17) is 4.74 Å². The Balaban J connectivity index is 1.83. The maximum Gasteiger partial charge on any atom is 0.354 e. The van der Waals surface area contributed by atoms with Crippen LogP contribution in [0.1, 0.15) is 16.1 Å². The molecule has 0 fully saturated rings. The zero-order chi connectivity index (χ0) is 21.3. The van der Waals surface area contributed by atoms with Crippen LogP contribution in [0.25, 0.3) is 10.9 Å². The molecule has 1 aromatic heterocycles. The quantitative estimate of drug-likeness (QED) is 0.362. The van der Waals surface area contributed by atoms with Gasteiger partial charge in [0.15, 0.2) is 5.69 Å². The number of fused-ring (bicyclic) bond motifs is 1. The summed E-state index contributed by atoms with van der Waals surface area (Å²) in [5, 5.41) is 10.3. The molecule has 6 nitrogen and oxygen atoms in total. The zero-order valence-corrected chi connectivity index (χ0v) is 18.5. The highest BCUT2D eigenvalue weighted by atomic mass is 127. The molecule has 0 radical (unpaired) electrons. The summed E-state index contributed by atoms with van der Waals surface area (Å²) in [5.41, 5.74) is 0.977. The van der Waals surface area contributed by atoms with E-state index in [-0.39, 0.29) is 16.1 Å². The molecule has 0 aliphatic heterocycles. The molecule has 0 atom stereocenters. The molecule has 152 valence electrons. The van der Waals surface area contributed by atoms with E-state index in [0.717, 1.165) is 9.54 Å². The minimum atomic E-state index is -4.10. The first-order valence-electron chi connectivity index (χ1n) is 8.94. The lowest BCUT2D eigenvalue weighted by atomic mass is 10.2. The number of carbonyl (C=O) groups is 1. The van der Waals surface area contributed by atoms with Gasteiger partial charge in [-0.25, -0.2) is 17.2 Å². The van der Waals surface area contributed by atoms with Gasteiger partial charge in [0.2, 0.25) is 0 Å². The molecule has 0 aliphatic carbocycles. The average Bonchev–Trinajstić information content (AvgIpc) is 3.06. The number of hydrogen-bond acceptors (Lipinski definition) is 4. The van der Waals surface area contributed by atoms with Gasteiger partial charge in [-0.3, -0.25) is 0 Å². The van der Waals surface area contributed by atoms with Crippen molar-refractivity contribution in [2.24, 2.45) is 0 Å². The first-order valence-corrected chi connectivity index (χ1v) is 11.5. The molecular formula is C22H16INO5S. The third-order valence-corrected chi connectivity index (χ3v) is 7.39. The number of carboxylic acid groups (broad SMARTS) is 1. The Kier molecular flexibility index (Phi) is 5.52. The summed E-state index contributed by atoms with van der Waals surface area (Å²) in [7, 11) is -4.10. The summed E-state index contributed by atoms with van der Waals surface area (Å²) in [6.45, 7) is 0.345. The zero-order valence-electron chi connectivity index (χ0n) is 15.5. The van der Waals surface area contributed by atoms with Crippen LogP contribution >= 0.6 is 22.6 Å². The number of aromatic carboxylic acids is 1. The topological polar surface area (TPSA) is 85.6 Å². The molecule has 0 saturated carbocycles. The maximum atomic E-state index is 13.2. The Morgan fingerprint density at radius 1 is 0.967 bits per heavy atom. The number of rotatable bonds is 6. The van der Waals surface area contributed by atoms with Gasteiger partial charge in [-0.15, -0.1) is 0 Å². The van der Waals surface area contributed by atoms with E-state index in [1.165, 1.54) is 12.1 Å². The van der Waals surface area contributed by atoms with Crippen molar-refractivity contribution in [2.75, 3.05) is 0 Å². The minimum absolute atomic E-state index is 0.0187. The van der Waals surface area contributed by atoms with E-state index < -0.39 is 16.0 Å². The standard InChI is InChI=1S/C22H16INO5S/c23-20-18-13-16(29-14-15-7-3-1-4-8-15)11-12-19(18)24(21(20)22(25)26)30(27,28)17-9-5-2-6-10-17/h1-13H,14H2,(H,25,26). The fraction of sp³-hybridized carbons (Fsp3) is 0.0455. The molecule has 4 aromatic rings. The fourth-order valence-corrected chi connectivity index (χ4v) is 5.77. The van der Waals surface area contributed by atoms with E-state index >= 15 is 0 Å². The summed E-state index contributed by atoms with van der Waals surface area (Å²) in [6.07, 6.45) is 0. The molecule has 1 heterocycles. The monoisotopic (exact) mass is 533 g/mol. The lowest BCUT2D eigenvalue weighted by molar-refractivity contribution is 0.0688. The van der Waals surface area contributed by atoms with Crippen molar-refractivity contribution < 1.29 is 23.1 Å². The van der Waals surface area contributed by atoms with Crippen LogP contribution in [0.2, 0.25) is 0 Å². The molecule has 8 heteroatoms. The van der Waals surface area contributed by atoms with E-state index in [0.29, 0.717) is 21.3 Å². The van der Waals surface area contributed by atoms with Crippen molar-refractivity contribution in [3.05, 3.63) is 93.7 Å². The largest absolute Gasteiger partial charge is 0.489 e. The summed E-state index contributed by atoms with van der Waals surface area (Å²) in [5.74, 6) is -0.794. The predicted octanol–water partition coefficient (Wildman–Crippen LogP) is 4.76. The van der Waals surface area contributed by atoms with Crippen molar-refractivity contribution in [3.63, 3.8) is 0 Å². The van der Waals surface area contributed by atoms with Gasteiger partial charge in [-0.1, -0.05) is 48.5 Å². The van der Waals surface area contributed by atoms with Crippen molar-refractivity contribution in [2.45, 2.75) is 11.5 Å². The highest BCUT2D eigenvalue weighted by Crippen LogP contribution is 2.34. The smallest absolute Gasteiger partial charge is 0.354 e. The van der Waals surface area contributed by atoms with Crippen molar-refractivity contribution in [3.8, 4) is 5.75 Å². The second kappa shape index (κ2) is 8.11. The Bertz CT molecular complexity index is 1330. The van der Waals surface area contributed by atoms with Crippen LogP contribution in [0.5, 0.6) is 5.75 Å². The molecule has 0 saturated heterocycles. The summed E-state index contributed by atoms with van der Waals surface area (Å²) in [6, 6.07) is 22.3. The Labute approximate surface area is 186 Å². The van der Waals surface area contributed by atoms with E-state index in [9.17, 15) is 18.3 Å². The van der Waals surface area contributed by atoms with Crippen LogP contribution in [-0.2, 0) is 16.6 Å². The molecule has 0 unspecified atom stereocenters. The predicted molar refractivity (Wildman–Crippen MR) is 121 cm³/mol. The molecule has 3 aromatic carbocycles. The normalized spacial score (nSPS) is 11.5. The van der Waals surface area contributed by atoms with Crippen molar-refractivity contribution in [1.29, 1.82) is 0 Å². The Morgan fingerprint density at radius 3 is 2.23 bits per heavy atom. The molecule has 1 N–H and O–H groups in total. The highest BCUT2D eigenvalue weighted by Gasteiger charge is 2.29. The van der Waals surface area contributed by atoms with E-state index in [1.54, 1.807) is 36.4 Å². The minimum Gasteiger partial charge on any atom is -0.489 e. The van der Waals surface area contributed by atoms with Gasteiger partial charge in [0.1, 0.15) is 12.4 Å². The van der Waals surface area contributed by atoms with Crippen LogP contribution in [0.15, 0.2) is 83.8 Å². The van der Waals surface area contributed by atoms with Gasteiger partial charge in [0.05, 0.1) is 14.0 Å². The molecular weight excluding hydrogens is 517 g/mol. The number of carboxylic acids is 1. The SMILES string of the molecule is O=C(O)c1c(I)c2cc(OCc3ccccc3)ccc2n1S(=O)(=O)c1ccccc1. The number of nitrogens with zero attached hydrogens (tertiary/aromatic N) is 1. The number of benzene rings is 3. The number of hydrogen-bond donors (Lipinski definition) is 1. The lowest BCUT2D eigenvalue weighted by Gasteiger charge is -2.10. The first-order chi connectivity index (χ1) is 14.4. The lowest BCUT2D eigenvalue weighted by Crippen LogP contribution is -2.19. The molecule has 4 rings (SSSR count). The molecule has 30 heavy (non-hydrogen) atoms. The van der Waals surface area contributed by atoms with Gasteiger partial charge in [-0.2, -0.15) is 0 Å². The molecule has 0 spiro atoms. The number of aromatic nitrogens is 1. The fourth-order valence-electron chi connectivity index (χ4n) is 3.16. The number of halogens is 1. The van der Waals surface area contributed by atoms with Crippen LogP contribution in [0.4, 0.5) is 0 Å². The second-order valence-electron chi connectivity index (χ2n) is 6.50. The van der Waals surface area contributed by atoms with Crippen molar-refractivity contribution >= 4 is 49.5 Å². The van der Waals surface area contributed by atoms with E-state index in [1.807, 2.05) is 52.9 Å². The maximum absolute atomic E-state index is 13.2. The van der Waals surface area contributed by atoms with Gasteiger partial charge in [-0.05, 0) is 58.5 Å². The molecule has 0 aliphatic rings. The molecule has 0 amide bonds. The van der Waals surface area contributed by atoms with Gasteiger partial charge in [0, 0.05) is 5.39 Å². The average molecular weight is 533 g/mol. The van der Waals surface area contributed by atoms with Gasteiger partial charge < -0.3 is 9.84 Å². The second-order valence-corrected chi connectivity index (χ2v) is 9.37. The third-order valence-electron chi connectivity index (χ3n) is 4.57. The summed E-state index contributed by atoms with van der Waals surface area (Å²) < 4.78 is 33.5. The van der Waals surface area contributed by atoms with Crippen LogP contribution in [0, 0.1) is 3.57 Å². The Morgan fingerprint density at radius 2 is 1.60 bits per heavy atom. The van der Waals surface area contributed by atoms with Gasteiger partial charge in [0.25, 0.3) is 10.0 Å². The van der Waals surface area contributed by atoms with Gasteiger partial charge >= 0.3 is 5.97 Å². The third kappa shape index (κ3) is 3.68. The van der Waals surface area contributed by atoms with Crippen LogP contribution < -0.4 is 4.74 Å². The number of ether oxygens (including phenoxy) is 1. The summed E-state index contributed by atoms with van der Waals surface area (Å²) in [4.78, 5) is 12.0. The molecule has 0 bridgehead atoms. The van der Waals surface area contributed by atoms with Crippen molar-refractivity contribution in [1.82, 2.24) is 3.97 Å². The van der Waals surface area contributed by atoms with Crippen LogP contribution in [0.3, 0.4) is 0 Å². The van der Waals surface area contributed by atoms with Crippen LogP contribution in [-0.4, -0.2) is 23.5 Å². The van der Waals surface area contributed by atoms with E-state index in [2.05, 4.69) is 0 Å².